The van der Waals surface area contributed by atoms with Gasteiger partial charge in [-0.2, -0.15) is 0 Å². The SMILES string of the molecule is Cc1nc(N2CCCC(N(C)c3ccnc(C4CC4)n3)C2)ccc1Br. The summed E-state index contributed by atoms with van der Waals surface area (Å²) >= 11 is 3.54. The van der Waals surface area contributed by atoms with E-state index in [1.807, 2.05) is 19.2 Å². The third kappa shape index (κ3) is 3.64. The fraction of sp³-hybridized carbons (Fsp3) is 0.526. The Hall–Kier alpha value is -1.69. The number of aryl methyl sites for hydroxylation is 1. The molecular weight excluding hydrogens is 378 g/mol. The van der Waals surface area contributed by atoms with Gasteiger partial charge in [-0.3, -0.25) is 0 Å². The number of likely N-dealkylation sites (N-methyl/N-ethyl adjacent to an activating group) is 1. The Labute approximate surface area is 157 Å². The molecule has 2 aromatic heterocycles. The van der Waals surface area contributed by atoms with Crippen LogP contribution in [0.5, 0.6) is 0 Å². The maximum absolute atomic E-state index is 4.81. The van der Waals surface area contributed by atoms with Gasteiger partial charge in [0.2, 0.25) is 0 Å². The molecule has 1 aliphatic carbocycles. The van der Waals surface area contributed by atoms with E-state index in [4.69, 9.17) is 9.97 Å². The summed E-state index contributed by atoms with van der Waals surface area (Å²) in [5.41, 5.74) is 1.04. The minimum absolute atomic E-state index is 0.446. The number of rotatable bonds is 4. The first kappa shape index (κ1) is 16.8. The topological polar surface area (TPSA) is 45.2 Å². The van der Waals surface area contributed by atoms with Crippen molar-refractivity contribution in [2.24, 2.45) is 0 Å². The number of hydrogen-bond donors (Lipinski definition) is 0. The first-order valence-corrected chi connectivity index (χ1v) is 9.85. The fourth-order valence-electron chi connectivity index (χ4n) is 3.47. The quantitative estimate of drug-likeness (QED) is 0.776. The van der Waals surface area contributed by atoms with Gasteiger partial charge in [0.05, 0.1) is 5.69 Å². The van der Waals surface area contributed by atoms with Crippen LogP contribution in [0.2, 0.25) is 0 Å². The molecule has 0 radical (unpaired) electrons. The molecule has 3 heterocycles. The number of aromatic nitrogens is 3. The molecule has 4 rings (SSSR count). The van der Waals surface area contributed by atoms with Crippen molar-refractivity contribution in [2.75, 3.05) is 29.9 Å². The van der Waals surface area contributed by atoms with Crippen molar-refractivity contribution in [3.05, 3.63) is 40.4 Å². The van der Waals surface area contributed by atoms with Crippen LogP contribution in [0.15, 0.2) is 28.9 Å². The number of pyridine rings is 1. The highest BCUT2D eigenvalue weighted by Crippen LogP contribution is 2.38. The van der Waals surface area contributed by atoms with E-state index in [2.05, 4.69) is 49.9 Å². The largest absolute Gasteiger partial charge is 0.355 e. The molecule has 1 unspecified atom stereocenters. The van der Waals surface area contributed by atoms with Gasteiger partial charge in [0.25, 0.3) is 0 Å². The predicted octanol–water partition coefficient (Wildman–Crippen LogP) is 3.93. The monoisotopic (exact) mass is 401 g/mol. The average molecular weight is 402 g/mol. The van der Waals surface area contributed by atoms with E-state index in [9.17, 15) is 0 Å². The van der Waals surface area contributed by atoms with E-state index in [0.29, 0.717) is 12.0 Å². The van der Waals surface area contributed by atoms with Gasteiger partial charge in [0, 0.05) is 42.8 Å². The molecule has 0 N–H and O–H groups in total. The van der Waals surface area contributed by atoms with E-state index in [-0.39, 0.29) is 0 Å². The van der Waals surface area contributed by atoms with E-state index in [1.165, 1.54) is 25.7 Å². The van der Waals surface area contributed by atoms with Crippen LogP contribution < -0.4 is 9.80 Å². The zero-order valence-electron chi connectivity index (χ0n) is 14.8. The van der Waals surface area contributed by atoms with Gasteiger partial charge in [0.1, 0.15) is 17.5 Å². The highest BCUT2D eigenvalue weighted by Gasteiger charge is 2.29. The normalized spacial score (nSPS) is 20.6. The molecule has 0 amide bonds. The number of anilines is 2. The highest BCUT2D eigenvalue weighted by molar-refractivity contribution is 9.10. The number of nitrogens with zero attached hydrogens (tertiary/aromatic N) is 5. The van der Waals surface area contributed by atoms with Gasteiger partial charge in [-0.25, -0.2) is 15.0 Å². The summed E-state index contributed by atoms with van der Waals surface area (Å²) in [6.07, 6.45) is 6.74. The van der Waals surface area contributed by atoms with Crippen LogP contribution in [0, 0.1) is 6.92 Å². The van der Waals surface area contributed by atoms with E-state index < -0.39 is 0 Å². The maximum Gasteiger partial charge on any atom is 0.133 e. The molecule has 5 nitrogen and oxygen atoms in total. The van der Waals surface area contributed by atoms with Crippen molar-refractivity contribution < 1.29 is 0 Å². The lowest BCUT2D eigenvalue weighted by Gasteiger charge is -2.38. The zero-order valence-corrected chi connectivity index (χ0v) is 16.4. The number of piperidine rings is 1. The Morgan fingerprint density at radius 1 is 1.16 bits per heavy atom. The van der Waals surface area contributed by atoms with Crippen molar-refractivity contribution in [2.45, 2.75) is 44.6 Å². The third-order valence-electron chi connectivity index (χ3n) is 5.24. The molecule has 0 bridgehead atoms. The minimum Gasteiger partial charge on any atom is -0.355 e. The Bertz CT molecular complexity index is 761. The number of hydrogen-bond acceptors (Lipinski definition) is 5. The highest BCUT2D eigenvalue weighted by atomic mass is 79.9. The molecule has 0 aromatic carbocycles. The minimum atomic E-state index is 0.446. The van der Waals surface area contributed by atoms with Crippen LogP contribution >= 0.6 is 15.9 Å². The Morgan fingerprint density at radius 2 is 2.00 bits per heavy atom. The van der Waals surface area contributed by atoms with Gasteiger partial charge in [-0.1, -0.05) is 0 Å². The van der Waals surface area contributed by atoms with Crippen molar-refractivity contribution in [3.63, 3.8) is 0 Å². The lowest BCUT2D eigenvalue weighted by molar-refractivity contribution is 0.482. The van der Waals surface area contributed by atoms with Crippen LogP contribution in [0.3, 0.4) is 0 Å². The molecule has 1 aliphatic heterocycles. The summed E-state index contributed by atoms with van der Waals surface area (Å²) in [6.45, 7) is 4.09. The molecule has 132 valence electrons. The smallest absolute Gasteiger partial charge is 0.133 e. The Balaban J connectivity index is 1.50. The van der Waals surface area contributed by atoms with E-state index in [0.717, 1.165) is 40.7 Å². The van der Waals surface area contributed by atoms with Crippen molar-refractivity contribution in [3.8, 4) is 0 Å². The second-order valence-electron chi connectivity index (χ2n) is 7.14. The van der Waals surface area contributed by atoms with Gasteiger partial charge in [0.15, 0.2) is 0 Å². The summed E-state index contributed by atoms with van der Waals surface area (Å²) in [5.74, 6) is 3.72. The lowest BCUT2D eigenvalue weighted by atomic mass is 10.0. The van der Waals surface area contributed by atoms with E-state index >= 15 is 0 Å². The molecule has 2 aromatic rings. The average Bonchev–Trinajstić information content (AvgIpc) is 3.49. The van der Waals surface area contributed by atoms with Crippen LogP contribution in [-0.4, -0.2) is 41.1 Å². The molecule has 2 fully saturated rings. The maximum atomic E-state index is 4.81. The zero-order chi connectivity index (χ0) is 17.4. The molecule has 0 spiro atoms. The van der Waals surface area contributed by atoms with Crippen LogP contribution in [0.4, 0.5) is 11.6 Å². The summed E-state index contributed by atoms with van der Waals surface area (Å²) in [6, 6.07) is 6.68. The van der Waals surface area contributed by atoms with Gasteiger partial charge in [-0.15, -0.1) is 0 Å². The summed E-state index contributed by atoms with van der Waals surface area (Å²) in [4.78, 5) is 18.7. The first-order valence-electron chi connectivity index (χ1n) is 9.05. The molecular formula is C19H24BrN5. The van der Waals surface area contributed by atoms with Crippen molar-refractivity contribution in [1.29, 1.82) is 0 Å². The molecule has 1 saturated carbocycles. The standard InChI is InChI=1S/C19H24BrN5/c1-13-16(20)7-8-18(22-13)25-11-3-4-15(12-25)24(2)17-9-10-21-19(23-17)14-5-6-14/h7-10,14-15H,3-6,11-12H2,1-2H3. The van der Waals surface area contributed by atoms with E-state index in [1.54, 1.807) is 0 Å². The summed E-state index contributed by atoms with van der Waals surface area (Å²) in [7, 11) is 2.16. The van der Waals surface area contributed by atoms with Crippen LogP contribution in [0.25, 0.3) is 0 Å². The molecule has 6 heteroatoms. The van der Waals surface area contributed by atoms with Crippen LogP contribution in [-0.2, 0) is 0 Å². The Morgan fingerprint density at radius 3 is 2.76 bits per heavy atom. The summed E-state index contributed by atoms with van der Waals surface area (Å²) in [5, 5.41) is 0. The van der Waals surface area contributed by atoms with Gasteiger partial charge >= 0.3 is 0 Å². The van der Waals surface area contributed by atoms with Gasteiger partial charge < -0.3 is 9.80 Å². The Kier molecular flexibility index (Phi) is 4.63. The predicted molar refractivity (Wildman–Crippen MR) is 104 cm³/mol. The molecule has 2 aliphatic rings. The fourth-order valence-corrected chi connectivity index (χ4v) is 3.69. The van der Waals surface area contributed by atoms with Gasteiger partial charge in [-0.05, 0) is 66.7 Å². The second-order valence-corrected chi connectivity index (χ2v) is 7.99. The summed E-state index contributed by atoms with van der Waals surface area (Å²) < 4.78 is 1.07. The number of halogens is 1. The third-order valence-corrected chi connectivity index (χ3v) is 6.08. The molecule has 25 heavy (non-hydrogen) atoms. The van der Waals surface area contributed by atoms with Crippen molar-refractivity contribution in [1.82, 2.24) is 15.0 Å². The lowest BCUT2D eigenvalue weighted by Crippen LogP contribution is -2.47. The van der Waals surface area contributed by atoms with Crippen molar-refractivity contribution >= 4 is 27.6 Å². The molecule has 1 atom stereocenters. The second kappa shape index (κ2) is 6.90. The van der Waals surface area contributed by atoms with Crippen LogP contribution in [0.1, 0.15) is 43.1 Å². The first-order chi connectivity index (χ1) is 12.1. The molecule has 1 saturated heterocycles.